The van der Waals surface area contributed by atoms with Crippen molar-refractivity contribution in [3.8, 4) is 11.4 Å². The van der Waals surface area contributed by atoms with E-state index in [0.717, 1.165) is 28.7 Å². The van der Waals surface area contributed by atoms with Crippen molar-refractivity contribution in [2.24, 2.45) is 7.05 Å². The minimum atomic E-state index is -2.58. The van der Waals surface area contributed by atoms with Gasteiger partial charge in [-0.25, -0.2) is 13.8 Å². The van der Waals surface area contributed by atoms with Crippen LogP contribution in [0, 0.1) is 0 Å². The zero-order valence-electron chi connectivity index (χ0n) is 17.2. The van der Waals surface area contributed by atoms with Crippen molar-refractivity contribution >= 4 is 16.8 Å². The summed E-state index contributed by atoms with van der Waals surface area (Å²) in [6, 6.07) is 10.7. The van der Waals surface area contributed by atoms with Crippen LogP contribution in [0.2, 0.25) is 0 Å². The normalized spacial score (nSPS) is 11.4. The van der Waals surface area contributed by atoms with Crippen LogP contribution in [0.3, 0.4) is 0 Å². The molecule has 9 heteroatoms. The molecule has 7 nitrogen and oxygen atoms in total. The third kappa shape index (κ3) is 4.30. The first-order valence-electron chi connectivity index (χ1n) is 9.96. The SMILES string of the molecule is CCc1c(Cc2nc(-c3ccc(C(=O)NCC(F)F)cc3)nn2C)ccc2[nH]ncc12. The fourth-order valence-corrected chi connectivity index (χ4v) is 3.61. The van der Waals surface area contributed by atoms with Gasteiger partial charge in [0.05, 0.1) is 18.3 Å². The predicted molar refractivity (Wildman–Crippen MR) is 113 cm³/mol. The van der Waals surface area contributed by atoms with E-state index in [1.165, 1.54) is 11.1 Å². The Hall–Kier alpha value is -3.62. The maximum absolute atomic E-state index is 12.3. The first kappa shape index (κ1) is 20.6. The molecular weight excluding hydrogens is 402 g/mol. The number of carbonyl (C=O) groups excluding carboxylic acids is 1. The summed E-state index contributed by atoms with van der Waals surface area (Å²) >= 11 is 0. The van der Waals surface area contributed by atoms with Gasteiger partial charge in [0.15, 0.2) is 5.82 Å². The molecular formula is C22H22F2N6O. The van der Waals surface area contributed by atoms with Crippen molar-refractivity contribution in [3.63, 3.8) is 0 Å². The maximum atomic E-state index is 12.3. The number of rotatable bonds is 7. The summed E-state index contributed by atoms with van der Waals surface area (Å²) in [4.78, 5) is 16.6. The topological polar surface area (TPSA) is 88.5 Å². The summed E-state index contributed by atoms with van der Waals surface area (Å²) < 4.78 is 26.3. The average Bonchev–Trinajstić information content (AvgIpc) is 3.39. The van der Waals surface area contributed by atoms with Crippen molar-refractivity contribution in [1.29, 1.82) is 0 Å². The smallest absolute Gasteiger partial charge is 0.255 e. The molecule has 0 saturated carbocycles. The summed E-state index contributed by atoms with van der Waals surface area (Å²) in [6.45, 7) is 1.45. The molecule has 0 radical (unpaired) electrons. The van der Waals surface area contributed by atoms with Crippen LogP contribution in [-0.4, -0.2) is 43.8 Å². The lowest BCUT2D eigenvalue weighted by atomic mass is 9.98. The zero-order valence-corrected chi connectivity index (χ0v) is 17.2. The molecule has 0 aliphatic rings. The summed E-state index contributed by atoms with van der Waals surface area (Å²) in [6.07, 6.45) is 0.772. The van der Waals surface area contributed by atoms with Gasteiger partial charge in [-0.3, -0.25) is 14.6 Å². The molecule has 0 aliphatic carbocycles. The Labute approximate surface area is 177 Å². The van der Waals surface area contributed by atoms with Crippen molar-refractivity contribution in [2.75, 3.05) is 6.54 Å². The van der Waals surface area contributed by atoms with Crippen molar-refractivity contribution in [3.05, 3.63) is 65.1 Å². The molecule has 0 spiro atoms. The number of hydrogen-bond donors (Lipinski definition) is 2. The van der Waals surface area contributed by atoms with Crippen molar-refractivity contribution < 1.29 is 13.6 Å². The Bertz CT molecular complexity index is 1210. The fraction of sp³-hybridized carbons (Fsp3) is 0.273. The number of nitrogens with one attached hydrogen (secondary N) is 2. The lowest BCUT2D eigenvalue weighted by Gasteiger charge is -2.08. The first-order valence-corrected chi connectivity index (χ1v) is 9.96. The molecule has 0 aliphatic heterocycles. The molecule has 0 bridgehead atoms. The second-order valence-electron chi connectivity index (χ2n) is 7.22. The van der Waals surface area contributed by atoms with Crippen LogP contribution in [0.15, 0.2) is 42.6 Å². The molecule has 2 N–H and O–H groups in total. The highest BCUT2D eigenvalue weighted by molar-refractivity contribution is 5.94. The number of alkyl halides is 2. The van der Waals surface area contributed by atoms with E-state index in [9.17, 15) is 13.6 Å². The van der Waals surface area contributed by atoms with E-state index in [4.69, 9.17) is 0 Å². The van der Waals surface area contributed by atoms with Gasteiger partial charge in [0, 0.05) is 30.0 Å². The molecule has 0 unspecified atom stereocenters. The second-order valence-corrected chi connectivity index (χ2v) is 7.22. The Morgan fingerprint density at radius 3 is 2.68 bits per heavy atom. The number of benzene rings is 2. The molecule has 2 aromatic carbocycles. The largest absolute Gasteiger partial charge is 0.346 e. The van der Waals surface area contributed by atoms with Gasteiger partial charge in [0.2, 0.25) is 0 Å². The third-order valence-electron chi connectivity index (χ3n) is 5.21. The number of carbonyl (C=O) groups is 1. The minimum absolute atomic E-state index is 0.307. The molecule has 0 fully saturated rings. The van der Waals surface area contributed by atoms with Crippen molar-refractivity contribution in [2.45, 2.75) is 26.2 Å². The zero-order chi connectivity index (χ0) is 22.0. The van der Waals surface area contributed by atoms with E-state index in [2.05, 4.69) is 38.6 Å². The predicted octanol–water partition coefficient (Wildman–Crippen LogP) is 3.51. The van der Waals surface area contributed by atoms with Gasteiger partial charge < -0.3 is 5.32 Å². The molecule has 0 atom stereocenters. The van der Waals surface area contributed by atoms with Gasteiger partial charge >= 0.3 is 0 Å². The molecule has 1 amide bonds. The van der Waals surface area contributed by atoms with Crippen LogP contribution in [-0.2, 0) is 19.9 Å². The lowest BCUT2D eigenvalue weighted by Crippen LogP contribution is -2.28. The Balaban J connectivity index is 1.55. The van der Waals surface area contributed by atoms with Crippen molar-refractivity contribution in [1.82, 2.24) is 30.3 Å². The van der Waals surface area contributed by atoms with E-state index in [0.29, 0.717) is 17.8 Å². The Morgan fingerprint density at radius 2 is 1.97 bits per heavy atom. The average molecular weight is 424 g/mol. The number of H-pyrrole nitrogens is 1. The maximum Gasteiger partial charge on any atom is 0.255 e. The van der Waals surface area contributed by atoms with Crippen LogP contribution in [0.25, 0.3) is 22.3 Å². The van der Waals surface area contributed by atoms with Gasteiger partial charge in [0.1, 0.15) is 5.82 Å². The van der Waals surface area contributed by atoms with Gasteiger partial charge in [0.25, 0.3) is 12.3 Å². The van der Waals surface area contributed by atoms with E-state index in [-0.39, 0.29) is 0 Å². The van der Waals surface area contributed by atoms with Crippen LogP contribution < -0.4 is 5.32 Å². The van der Waals surface area contributed by atoms with E-state index >= 15 is 0 Å². The highest BCUT2D eigenvalue weighted by Crippen LogP contribution is 2.24. The Morgan fingerprint density at radius 1 is 1.19 bits per heavy atom. The molecule has 31 heavy (non-hydrogen) atoms. The van der Waals surface area contributed by atoms with Crippen LogP contribution in [0.1, 0.15) is 34.2 Å². The monoisotopic (exact) mass is 424 g/mol. The number of aromatic amines is 1. The third-order valence-corrected chi connectivity index (χ3v) is 5.21. The number of halogens is 2. The highest BCUT2D eigenvalue weighted by Gasteiger charge is 2.15. The van der Waals surface area contributed by atoms with Gasteiger partial charge in [-0.15, -0.1) is 0 Å². The van der Waals surface area contributed by atoms with E-state index in [1.807, 2.05) is 19.3 Å². The number of nitrogens with zero attached hydrogens (tertiary/aromatic N) is 4. The summed E-state index contributed by atoms with van der Waals surface area (Å²) in [5.41, 5.74) is 4.46. The van der Waals surface area contributed by atoms with Gasteiger partial charge in [-0.05, 0) is 35.7 Å². The fourth-order valence-electron chi connectivity index (χ4n) is 3.61. The number of fused-ring (bicyclic) bond motifs is 1. The first-order chi connectivity index (χ1) is 15.0. The standard InChI is InChI=1S/C22H22F2N6O/c1-3-16-15(8-9-18-17(16)11-26-28-18)10-20-27-21(29-30(20)2)13-4-6-14(7-5-13)22(31)25-12-19(23)24/h4-9,11,19H,3,10,12H2,1-2H3,(H,25,31)(H,26,28). The quantitative estimate of drug-likeness (QED) is 0.475. The molecule has 0 saturated heterocycles. The number of aromatic nitrogens is 5. The number of hydrogen-bond acceptors (Lipinski definition) is 4. The van der Waals surface area contributed by atoms with E-state index < -0.39 is 18.9 Å². The van der Waals surface area contributed by atoms with E-state index in [1.54, 1.807) is 28.9 Å². The van der Waals surface area contributed by atoms with Gasteiger partial charge in [-0.1, -0.05) is 25.1 Å². The molecule has 2 aromatic heterocycles. The summed E-state index contributed by atoms with van der Waals surface area (Å²) in [5.74, 6) is 0.814. The Kier molecular flexibility index (Phi) is 5.75. The van der Waals surface area contributed by atoms with Crippen LogP contribution in [0.5, 0.6) is 0 Å². The molecule has 4 aromatic rings. The molecule has 2 heterocycles. The second kappa shape index (κ2) is 8.63. The number of amides is 1. The van der Waals surface area contributed by atoms with Crippen LogP contribution in [0.4, 0.5) is 8.78 Å². The molecule has 4 rings (SSSR count). The number of aryl methyl sites for hydroxylation is 2. The minimum Gasteiger partial charge on any atom is -0.346 e. The van der Waals surface area contributed by atoms with Gasteiger partial charge in [-0.2, -0.15) is 10.2 Å². The lowest BCUT2D eigenvalue weighted by molar-refractivity contribution is 0.0891. The van der Waals surface area contributed by atoms with Crippen LogP contribution >= 0.6 is 0 Å². The summed E-state index contributed by atoms with van der Waals surface area (Å²) in [5, 5.41) is 14.9. The highest BCUT2D eigenvalue weighted by atomic mass is 19.3. The molecule has 160 valence electrons. The summed E-state index contributed by atoms with van der Waals surface area (Å²) in [7, 11) is 1.85.